The number of hydrogen-bond acceptors (Lipinski definition) is 3. The number of nitrogens with zero attached hydrogens (tertiary/aromatic N) is 1. The molecule has 1 aromatic rings. The molecule has 0 radical (unpaired) electrons. The van der Waals surface area contributed by atoms with Crippen molar-refractivity contribution in [3.63, 3.8) is 0 Å². The van der Waals surface area contributed by atoms with E-state index in [1.54, 1.807) is 12.1 Å². The SMILES string of the molecule is O=C(Nc1cccc(C#CCCO)n1)C1CC2CCC1C2. The Morgan fingerprint density at radius 2 is 2.29 bits per heavy atom. The molecule has 4 nitrogen and oxygen atoms in total. The molecule has 21 heavy (non-hydrogen) atoms. The Morgan fingerprint density at radius 3 is 3.00 bits per heavy atom. The lowest BCUT2D eigenvalue weighted by molar-refractivity contribution is -0.121. The van der Waals surface area contributed by atoms with E-state index < -0.39 is 0 Å². The van der Waals surface area contributed by atoms with Crippen LogP contribution in [-0.4, -0.2) is 22.6 Å². The number of rotatable bonds is 3. The molecule has 4 heteroatoms. The minimum absolute atomic E-state index is 0.0493. The van der Waals surface area contributed by atoms with Crippen LogP contribution in [-0.2, 0) is 4.79 Å². The van der Waals surface area contributed by atoms with Crippen LogP contribution in [0.1, 0.15) is 37.8 Å². The van der Waals surface area contributed by atoms with E-state index in [1.165, 1.54) is 19.3 Å². The van der Waals surface area contributed by atoms with Crippen LogP contribution in [0.5, 0.6) is 0 Å². The van der Waals surface area contributed by atoms with Gasteiger partial charge in [-0.25, -0.2) is 4.98 Å². The molecule has 0 spiro atoms. The molecule has 3 atom stereocenters. The number of pyridine rings is 1. The molecule has 1 amide bonds. The normalized spacial score (nSPS) is 26.2. The summed E-state index contributed by atoms with van der Waals surface area (Å²) < 4.78 is 0. The van der Waals surface area contributed by atoms with E-state index in [1.807, 2.05) is 6.07 Å². The van der Waals surface area contributed by atoms with Crippen molar-refractivity contribution in [1.29, 1.82) is 0 Å². The number of carbonyl (C=O) groups is 1. The number of fused-ring (bicyclic) bond motifs is 2. The van der Waals surface area contributed by atoms with E-state index >= 15 is 0 Å². The molecular weight excluding hydrogens is 264 g/mol. The zero-order valence-electron chi connectivity index (χ0n) is 12.0. The van der Waals surface area contributed by atoms with Gasteiger partial charge in [0.15, 0.2) is 0 Å². The van der Waals surface area contributed by atoms with Gasteiger partial charge in [-0.3, -0.25) is 4.79 Å². The second kappa shape index (κ2) is 6.28. The van der Waals surface area contributed by atoms with Crippen molar-refractivity contribution in [1.82, 2.24) is 4.98 Å². The van der Waals surface area contributed by atoms with Crippen LogP contribution in [0.25, 0.3) is 0 Å². The summed E-state index contributed by atoms with van der Waals surface area (Å²) in [7, 11) is 0. The molecule has 2 aliphatic rings. The first-order valence-electron chi connectivity index (χ1n) is 7.64. The van der Waals surface area contributed by atoms with Crippen molar-refractivity contribution in [2.45, 2.75) is 32.1 Å². The lowest BCUT2D eigenvalue weighted by Gasteiger charge is -2.20. The van der Waals surface area contributed by atoms with Gasteiger partial charge in [0.1, 0.15) is 11.5 Å². The Morgan fingerprint density at radius 1 is 1.38 bits per heavy atom. The average molecular weight is 284 g/mol. The summed E-state index contributed by atoms with van der Waals surface area (Å²) in [5.41, 5.74) is 0.620. The Balaban J connectivity index is 1.64. The van der Waals surface area contributed by atoms with E-state index in [0.29, 0.717) is 23.9 Å². The van der Waals surface area contributed by atoms with Crippen LogP contribution >= 0.6 is 0 Å². The molecule has 2 bridgehead atoms. The lowest BCUT2D eigenvalue weighted by Crippen LogP contribution is -2.27. The van der Waals surface area contributed by atoms with Gasteiger partial charge in [0.2, 0.25) is 5.91 Å². The van der Waals surface area contributed by atoms with E-state index in [0.717, 1.165) is 12.3 Å². The highest BCUT2D eigenvalue weighted by Crippen LogP contribution is 2.48. The van der Waals surface area contributed by atoms with Gasteiger partial charge in [-0.15, -0.1) is 0 Å². The van der Waals surface area contributed by atoms with Crippen molar-refractivity contribution < 1.29 is 9.90 Å². The third-order valence-electron chi connectivity index (χ3n) is 4.53. The average Bonchev–Trinajstić information content (AvgIpc) is 3.11. The molecule has 0 saturated heterocycles. The number of carbonyl (C=O) groups excluding carboxylic acids is 1. The second-order valence-corrected chi connectivity index (χ2v) is 5.95. The number of nitrogens with one attached hydrogen (secondary N) is 1. The number of aromatic nitrogens is 1. The lowest BCUT2D eigenvalue weighted by atomic mass is 9.88. The van der Waals surface area contributed by atoms with Gasteiger partial charge in [-0.2, -0.15) is 0 Å². The molecule has 3 unspecified atom stereocenters. The van der Waals surface area contributed by atoms with E-state index in [2.05, 4.69) is 22.1 Å². The maximum atomic E-state index is 12.4. The largest absolute Gasteiger partial charge is 0.395 e. The zero-order valence-corrected chi connectivity index (χ0v) is 12.0. The predicted molar refractivity (Wildman–Crippen MR) is 80.4 cm³/mol. The Bertz CT molecular complexity index is 588. The molecule has 1 aromatic heterocycles. The van der Waals surface area contributed by atoms with Crippen molar-refractivity contribution >= 4 is 11.7 Å². The molecule has 2 saturated carbocycles. The summed E-state index contributed by atoms with van der Waals surface area (Å²) in [5.74, 6) is 7.88. The maximum Gasteiger partial charge on any atom is 0.228 e. The number of aliphatic hydroxyl groups is 1. The van der Waals surface area contributed by atoms with Gasteiger partial charge in [-0.05, 0) is 49.2 Å². The van der Waals surface area contributed by atoms with E-state index in [4.69, 9.17) is 5.11 Å². The number of anilines is 1. The molecule has 2 fully saturated rings. The molecule has 1 heterocycles. The van der Waals surface area contributed by atoms with Crippen LogP contribution < -0.4 is 5.32 Å². The fourth-order valence-corrected chi connectivity index (χ4v) is 3.57. The maximum absolute atomic E-state index is 12.4. The molecule has 2 N–H and O–H groups in total. The van der Waals surface area contributed by atoms with Crippen LogP contribution in [0.3, 0.4) is 0 Å². The Kier molecular flexibility index (Phi) is 4.21. The topological polar surface area (TPSA) is 62.2 Å². The highest BCUT2D eigenvalue weighted by Gasteiger charge is 2.43. The van der Waals surface area contributed by atoms with E-state index in [9.17, 15) is 4.79 Å². The quantitative estimate of drug-likeness (QED) is 0.836. The molecule has 3 rings (SSSR count). The summed E-state index contributed by atoms with van der Waals surface area (Å²) in [6.45, 7) is 0.0493. The standard InChI is InChI=1S/C17H20N2O2/c20-9-2-1-4-14-5-3-6-16(18-14)19-17(21)15-11-12-7-8-13(15)10-12/h3,5-6,12-13,15,20H,2,7-11H2,(H,18,19,21). The first-order chi connectivity index (χ1) is 10.3. The van der Waals surface area contributed by atoms with Crippen LogP contribution in [0.15, 0.2) is 18.2 Å². The first kappa shape index (κ1) is 14.1. The predicted octanol–water partition coefficient (Wildman–Crippen LogP) is 2.19. The molecule has 0 aromatic carbocycles. The van der Waals surface area contributed by atoms with Gasteiger partial charge in [-0.1, -0.05) is 18.4 Å². The van der Waals surface area contributed by atoms with Crippen LogP contribution in [0.2, 0.25) is 0 Å². The number of hydrogen-bond donors (Lipinski definition) is 2. The highest BCUT2D eigenvalue weighted by molar-refractivity contribution is 5.92. The van der Waals surface area contributed by atoms with Gasteiger partial charge in [0.05, 0.1) is 6.61 Å². The van der Waals surface area contributed by atoms with Crippen molar-refractivity contribution in [2.24, 2.45) is 17.8 Å². The molecule has 2 aliphatic carbocycles. The molecule has 110 valence electrons. The van der Waals surface area contributed by atoms with Crippen LogP contribution in [0, 0.1) is 29.6 Å². The smallest absolute Gasteiger partial charge is 0.228 e. The van der Waals surface area contributed by atoms with Gasteiger partial charge in [0, 0.05) is 12.3 Å². The molecule has 0 aliphatic heterocycles. The summed E-state index contributed by atoms with van der Waals surface area (Å²) in [6.07, 6.45) is 5.18. The van der Waals surface area contributed by atoms with Gasteiger partial charge in [0.25, 0.3) is 0 Å². The summed E-state index contributed by atoms with van der Waals surface area (Å²) >= 11 is 0. The Hall–Kier alpha value is -1.86. The summed E-state index contributed by atoms with van der Waals surface area (Å²) in [4.78, 5) is 16.7. The van der Waals surface area contributed by atoms with Crippen molar-refractivity contribution in [3.8, 4) is 11.8 Å². The van der Waals surface area contributed by atoms with Crippen molar-refractivity contribution in [2.75, 3.05) is 11.9 Å². The first-order valence-corrected chi connectivity index (χ1v) is 7.64. The summed E-state index contributed by atoms with van der Waals surface area (Å²) in [5, 5.41) is 11.6. The second-order valence-electron chi connectivity index (χ2n) is 5.95. The third kappa shape index (κ3) is 3.25. The van der Waals surface area contributed by atoms with Crippen LogP contribution in [0.4, 0.5) is 5.82 Å². The van der Waals surface area contributed by atoms with Gasteiger partial charge < -0.3 is 10.4 Å². The fraction of sp³-hybridized carbons (Fsp3) is 0.529. The highest BCUT2D eigenvalue weighted by atomic mass is 16.2. The minimum Gasteiger partial charge on any atom is -0.395 e. The van der Waals surface area contributed by atoms with E-state index in [-0.39, 0.29) is 18.4 Å². The van der Waals surface area contributed by atoms with Gasteiger partial charge >= 0.3 is 0 Å². The fourth-order valence-electron chi connectivity index (χ4n) is 3.57. The summed E-state index contributed by atoms with van der Waals surface area (Å²) in [6, 6.07) is 5.44. The third-order valence-corrected chi connectivity index (χ3v) is 4.53. The Labute approximate surface area is 125 Å². The van der Waals surface area contributed by atoms with Crippen molar-refractivity contribution in [3.05, 3.63) is 23.9 Å². The molecular formula is C17H20N2O2. The zero-order chi connectivity index (χ0) is 14.7. The monoisotopic (exact) mass is 284 g/mol. The number of aliphatic hydroxyl groups excluding tert-OH is 1. The number of amides is 1. The minimum atomic E-state index is 0.0493.